The number of aryl methyl sites for hydroxylation is 3. The van der Waals surface area contributed by atoms with Crippen molar-refractivity contribution in [3.63, 3.8) is 0 Å². The van der Waals surface area contributed by atoms with E-state index >= 15 is 0 Å². The molecule has 1 fully saturated rings. The largest absolute Gasteiger partial charge is 0.507 e. The topological polar surface area (TPSA) is 60.9 Å². The first-order chi connectivity index (χ1) is 15.9. The number of rotatable bonds is 7. The number of benzene rings is 2. The lowest BCUT2D eigenvalue weighted by Gasteiger charge is -2.26. The molecule has 0 aromatic heterocycles. The molecule has 1 unspecified atom stereocenters. The fourth-order valence-electron chi connectivity index (χ4n) is 4.99. The van der Waals surface area contributed by atoms with Crippen molar-refractivity contribution in [1.29, 1.82) is 0 Å². The van der Waals surface area contributed by atoms with Gasteiger partial charge in [0, 0.05) is 12.1 Å². The zero-order valence-corrected chi connectivity index (χ0v) is 19.9. The third-order valence-corrected chi connectivity index (χ3v) is 6.87. The van der Waals surface area contributed by atoms with E-state index in [1.54, 1.807) is 4.90 Å². The van der Waals surface area contributed by atoms with E-state index in [0.29, 0.717) is 12.1 Å². The van der Waals surface area contributed by atoms with Gasteiger partial charge in [0.05, 0.1) is 11.6 Å². The summed E-state index contributed by atoms with van der Waals surface area (Å²) in [6.07, 6.45) is 6.02. The predicted octanol–water partition coefficient (Wildman–Crippen LogP) is 4.50. The summed E-state index contributed by atoms with van der Waals surface area (Å²) in [5.41, 5.74) is 5.42. The SMILES string of the molecule is CCc1ccc(C2/C(=C(/O)c3ccc4c(c3)CCCC4)C(=O)C(=O)N2CCCN(C)C)cc1. The van der Waals surface area contributed by atoms with E-state index in [1.165, 1.54) is 23.1 Å². The first-order valence-corrected chi connectivity index (χ1v) is 12.0. The van der Waals surface area contributed by atoms with Crippen LogP contribution in [0.5, 0.6) is 0 Å². The van der Waals surface area contributed by atoms with Crippen molar-refractivity contribution in [2.75, 3.05) is 27.2 Å². The molecule has 33 heavy (non-hydrogen) atoms. The molecule has 1 amide bonds. The fourth-order valence-corrected chi connectivity index (χ4v) is 4.99. The van der Waals surface area contributed by atoms with E-state index < -0.39 is 17.7 Å². The minimum absolute atomic E-state index is 0.0681. The predicted molar refractivity (Wildman–Crippen MR) is 131 cm³/mol. The Balaban J connectivity index is 1.77. The highest BCUT2D eigenvalue weighted by Gasteiger charge is 2.45. The van der Waals surface area contributed by atoms with Gasteiger partial charge in [-0.3, -0.25) is 9.59 Å². The molecule has 1 saturated heterocycles. The molecule has 0 radical (unpaired) electrons. The maximum Gasteiger partial charge on any atom is 0.295 e. The van der Waals surface area contributed by atoms with Crippen LogP contribution in [0.3, 0.4) is 0 Å². The molecule has 5 nitrogen and oxygen atoms in total. The monoisotopic (exact) mass is 446 g/mol. The number of carbonyl (C=O) groups is 2. The number of aliphatic hydroxyl groups is 1. The van der Waals surface area contributed by atoms with Crippen molar-refractivity contribution < 1.29 is 14.7 Å². The van der Waals surface area contributed by atoms with Gasteiger partial charge in [0.25, 0.3) is 11.7 Å². The summed E-state index contributed by atoms with van der Waals surface area (Å²) in [6, 6.07) is 13.4. The summed E-state index contributed by atoms with van der Waals surface area (Å²) >= 11 is 0. The van der Waals surface area contributed by atoms with E-state index in [1.807, 2.05) is 50.5 Å². The van der Waals surface area contributed by atoms with Gasteiger partial charge in [0.1, 0.15) is 5.76 Å². The summed E-state index contributed by atoms with van der Waals surface area (Å²) in [6.45, 7) is 3.37. The number of carbonyl (C=O) groups excluding carboxylic acids is 2. The number of likely N-dealkylation sites (tertiary alicyclic amines) is 1. The van der Waals surface area contributed by atoms with E-state index in [-0.39, 0.29) is 11.3 Å². The lowest BCUT2D eigenvalue weighted by molar-refractivity contribution is -0.139. The van der Waals surface area contributed by atoms with Crippen molar-refractivity contribution in [2.24, 2.45) is 0 Å². The molecule has 1 N–H and O–H groups in total. The number of hydrogen-bond donors (Lipinski definition) is 1. The molecule has 174 valence electrons. The Kier molecular flexibility index (Phi) is 6.99. The molecule has 2 aromatic carbocycles. The van der Waals surface area contributed by atoms with Crippen LogP contribution in [0.1, 0.15) is 60.0 Å². The third kappa shape index (κ3) is 4.74. The lowest BCUT2D eigenvalue weighted by atomic mass is 9.88. The maximum atomic E-state index is 13.2. The Hall–Kier alpha value is -2.92. The summed E-state index contributed by atoms with van der Waals surface area (Å²) in [7, 11) is 3.98. The van der Waals surface area contributed by atoms with Crippen LogP contribution in [0, 0.1) is 0 Å². The zero-order valence-electron chi connectivity index (χ0n) is 19.9. The molecule has 4 rings (SSSR count). The minimum Gasteiger partial charge on any atom is -0.507 e. The average Bonchev–Trinajstić information content (AvgIpc) is 3.08. The molecular weight excluding hydrogens is 412 g/mol. The minimum atomic E-state index is -0.598. The van der Waals surface area contributed by atoms with Crippen LogP contribution < -0.4 is 0 Å². The molecular formula is C28H34N2O3. The average molecular weight is 447 g/mol. The fraction of sp³-hybridized carbons (Fsp3) is 0.429. The van der Waals surface area contributed by atoms with Gasteiger partial charge in [0.2, 0.25) is 0 Å². The van der Waals surface area contributed by atoms with Crippen molar-refractivity contribution >= 4 is 17.4 Å². The Morgan fingerprint density at radius 1 is 1.03 bits per heavy atom. The highest BCUT2D eigenvalue weighted by atomic mass is 16.3. The number of fused-ring (bicyclic) bond motifs is 1. The standard InChI is InChI=1S/C28H34N2O3/c1-4-19-10-12-21(13-11-19)25-24(27(32)28(33)30(25)17-7-16-29(2)3)26(31)23-15-14-20-8-5-6-9-22(20)18-23/h10-15,18,25,31H,4-9,16-17H2,1-3H3/b26-24-. The second-order valence-electron chi connectivity index (χ2n) is 9.44. The smallest absolute Gasteiger partial charge is 0.295 e. The van der Waals surface area contributed by atoms with Crippen LogP contribution in [0.25, 0.3) is 5.76 Å². The molecule has 1 atom stereocenters. The van der Waals surface area contributed by atoms with Crippen LogP contribution in [0.15, 0.2) is 48.0 Å². The summed E-state index contributed by atoms with van der Waals surface area (Å²) in [4.78, 5) is 30.0. The molecule has 0 saturated carbocycles. The Bertz CT molecular complexity index is 1070. The van der Waals surface area contributed by atoms with Gasteiger partial charge in [-0.1, -0.05) is 43.3 Å². The van der Waals surface area contributed by atoms with Crippen molar-refractivity contribution in [2.45, 2.75) is 51.5 Å². The summed E-state index contributed by atoms with van der Waals surface area (Å²) in [5, 5.41) is 11.3. The van der Waals surface area contributed by atoms with Gasteiger partial charge >= 0.3 is 0 Å². The van der Waals surface area contributed by atoms with Crippen LogP contribution in [-0.4, -0.2) is 53.8 Å². The Morgan fingerprint density at radius 2 is 1.73 bits per heavy atom. The molecule has 2 aliphatic rings. The molecule has 1 aliphatic heterocycles. The first-order valence-electron chi connectivity index (χ1n) is 12.0. The number of aliphatic hydroxyl groups excluding tert-OH is 1. The zero-order chi connectivity index (χ0) is 23.5. The van der Waals surface area contributed by atoms with Crippen LogP contribution in [0.2, 0.25) is 0 Å². The lowest BCUT2D eigenvalue weighted by Crippen LogP contribution is -2.32. The molecule has 1 heterocycles. The van der Waals surface area contributed by atoms with Gasteiger partial charge in [-0.15, -0.1) is 0 Å². The van der Waals surface area contributed by atoms with E-state index in [0.717, 1.165) is 44.2 Å². The van der Waals surface area contributed by atoms with E-state index in [4.69, 9.17) is 0 Å². The highest BCUT2D eigenvalue weighted by Crippen LogP contribution is 2.40. The molecule has 0 bridgehead atoms. The van der Waals surface area contributed by atoms with Crippen LogP contribution in [-0.2, 0) is 28.9 Å². The van der Waals surface area contributed by atoms with Gasteiger partial charge in [-0.05, 0) is 87.5 Å². The van der Waals surface area contributed by atoms with E-state index in [2.05, 4.69) is 17.9 Å². The van der Waals surface area contributed by atoms with Gasteiger partial charge in [-0.25, -0.2) is 0 Å². The summed E-state index contributed by atoms with van der Waals surface area (Å²) in [5.74, 6) is -1.20. The molecule has 0 spiro atoms. The van der Waals surface area contributed by atoms with Gasteiger partial charge < -0.3 is 14.9 Å². The third-order valence-electron chi connectivity index (χ3n) is 6.87. The normalized spacial score (nSPS) is 19.9. The second kappa shape index (κ2) is 9.92. The summed E-state index contributed by atoms with van der Waals surface area (Å²) < 4.78 is 0. The van der Waals surface area contributed by atoms with Crippen molar-refractivity contribution in [3.8, 4) is 0 Å². The Labute approximate surface area is 196 Å². The molecule has 2 aromatic rings. The van der Waals surface area contributed by atoms with Crippen LogP contribution >= 0.6 is 0 Å². The molecule has 5 heteroatoms. The number of hydrogen-bond acceptors (Lipinski definition) is 4. The first kappa shape index (κ1) is 23.2. The van der Waals surface area contributed by atoms with Gasteiger partial charge in [0.15, 0.2) is 0 Å². The van der Waals surface area contributed by atoms with Crippen molar-refractivity contribution in [1.82, 2.24) is 9.80 Å². The Morgan fingerprint density at radius 3 is 2.39 bits per heavy atom. The molecule has 1 aliphatic carbocycles. The van der Waals surface area contributed by atoms with Crippen LogP contribution in [0.4, 0.5) is 0 Å². The number of nitrogens with zero attached hydrogens (tertiary/aromatic N) is 2. The van der Waals surface area contributed by atoms with Crippen molar-refractivity contribution in [3.05, 3.63) is 75.9 Å². The number of ketones is 1. The highest BCUT2D eigenvalue weighted by molar-refractivity contribution is 6.46. The number of amides is 1. The maximum absolute atomic E-state index is 13.2. The quantitative estimate of drug-likeness (QED) is 0.386. The van der Waals surface area contributed by atoms with E-state index in [9.17, 15) is 14.7 Å². The van der Waals surface area contributed by atoms with Gasteiger partial charge in [-0.2, -0.15) is 0 Å². The number of Topliss-reactive ketones (excluding diaryl/α,β-unsaturated/α-hetero) is 1. The second-order valence-corrected chi connectivity index (χ2v) is 9.44.